The van der Waals surface area contributed by atoms with E-state index in [4.69, 9.17) is 14.2 Å². The van der Waals surface area contributed by atoms with Gasteiger partial charge in [0.15, 0.2) is 5.65 Å². The molecule has 2 heterocycles. The van der Waals surface area contributed by atoms with Crippen LogP contribution in [0.1, 0.15) is 11.3 Å². The number of fused-ring (bicyclic) bond motifs is 1. The van der Waals surface area contributed by atoms with Crippen LogP contribution >= 0.6 is 0 Å². The standard InChI is InChI=1S/C23H20F3N3O3/c1-13-21-18(23(24,25)26)12-19(17-11-16(31-3)9-10-20(17)32-4)27-22(21)29(28-13)14-5-7-15(30-2)8-6-14/h5-12H,1-4H3. The molecule has 6 nitrogen and oxygen atoms in total. The Morgan fingerprint density at radius 2 is 1.50 bits per heavy atom. The first kappa shape index (κ1) is 21.5. The summed E-state index contributed by atoms with van der Waals surface area (Å²) in [6.45, 7) is 1.53. The lowest BCUT2D eigenvalue weighted by Crippen LogP contribution is -2.08. The van der Waals surface area contributed by atoms with Crippen LogP contribution in [0.15, 0.2) is 48.5 Å². The molecule has 0 unspecified atom stereocenters. The predicted molar refractivity (Wildman–Crippen MR) is 114 cm³/mol. The van der Waals surface area contributed by atoms with E-state index in [9.17, 15) is 13.2 Å². The number of pyridine rings is 1. The first-order valence-corrected chi connectivity index (χ1v) is 9.61. The van der Waals surface area contributed by atoms with Crippen LogP contribution < -0.4 is 14.2 Å². The highest BCUT2D eigenvalue weighted by Crippen LogP contribution is 2.41. The van der Waals surface area contributed by atoms with E-state index in [2.05, 4.69) is 10.1 Å². The second-order valence-electron chi connectivity index (χ2n) is 7.01. The summed E-state index contributed by atoms with van der Waals surface area (Å²) in [7, 11) is 4.46. The first-order chi connectivity index (χ1) is 15.3. The highest BCUT2D eigenvalue weighted by molar-refractivity contribution is 5.87. The average Bonchev–Trinajstić information content (AvgIpc) is 3.13. The van der Waals surface area contributed by atoms with Gasteiger partial charge in [-0.15, -0.1) is 0 Å². The Kier molecular flexibility index (Phi) is 5.41. The molecule has 0 aliphatic carbocycles. The number of methoxy groups -OCH3 is 3. The Morgan fingerprint density at radius 1 is 0.844 bits per heavy atom. The summed E-state index contributed by atoms with van der Waals surface area (Å²) in [5.41, 5.74) is 0.510. The quantitative estimate of drug-likeness (QED) is 0.411. The topological polar surface area (TPSA) is 58.4 Å². The second-order valence-corrected chi connectivity index (χ2v) is 7.01. The van der Waals surface area contributed by atoms with Crippen LogP contribution in [0.4, 0.5) is 13.2 Å². The summed E-state index contributed by atoms with van der Waals surface area (Å²) in [4.78, 5) is 4.58. The van der Waals surface area contributed by atoms with Crippen molar-refractivity contribution in [2.75, 3.05) is 21.3 Å². The maximum Gasteiger partial charge on any atom is 0.417 e. The van der Waals surface area contributed by atoms with Gasteiger partial charge >= 0.3 is 6.18 Å². The van der Waals surface area contributed by atoms with E-state index in [0.717, 1.165) is 6.07 Å². The molecular weight excluding hydrogens is 423 g/mol. The molecule has 0 aliphatic rings. The molecule has 32 heavy (non-hydrogen) atoms. The minimum Gasteiger partial charge on any atom is -0.497 e. The number of aromatic nitrogens is 3. The third-order valence-corrected chi connectivity index (χ3v) is 5.12. The summed E-state index contributed by atoms with van der Waals surface area (Å²) in [6.07, 6.45) is -4.61. The van der Waals surface area contributed by atoms with Crippen molar-refractivity contribution in [2.24, 2.45) is 0 Å². The number of halogens is 3. The van der Waals surface area contributed by atoms with E-state index in [-0.39, 0.29) is 22.4 Å². The lowest BCUT2D eigenvalue weighted by atomic mass is 10.0. The molecule has 2 aromatic heterocycles. The zero-order valence-corrected chi connectivity index (χ0v) is 17.8. The van der Waals surface area contributed by atoms with Crippen LogP contribution in [0, 0.1) is 6.92 Å². The molecule has 0 spiro atoms. The SMILES string of the molecule is COc1ccc(-n2nc(C)c3c(C(F)(F)F)cc(-c4cc(OC)ccc4OC)nc32)cc1. The molecule has 0 N–H and O–H groups in total. The molecular formula is C23H20F3N3O3. The summed E-state index contributed by atoms with van der Waals surface area (Å²) in [5, 5.41) is 4.30. The number of hydrogen-bond donors (Lipinski definition) is 0. The summed E-state index contributed by atoms with van der Waals surface area (Å²) < 4.78 is 59.5. The van der Waals surface area contributed by atoms with Gasteiger partial charge in [-0.05, 0) is 55.5 Å². The minimum atomic E-state index is -4.61. The molecule has 0 atom stereocenters. The largest absolute Gasteiger partial charge is 0.497 e. The van der Waals surface area contributed by atoms with Gasteiger partial charge in [-0.2, -0.15) is 18.3 Å². The fourth-order valence-electron chi connectivity index (χ4n) is 3.57. The van der Waals surface area contributed by atoms with Crippen LogP contribution in [0.3, 0.4) is 0 Å². The normalized spacial score (nSPS) is 11.6. The number of ether oxygens (including phenoxy) is 3. The number of hydrogen-bond acceptors (Lipinski definition) is 5. The fraction of sp³-hybridized carbons (Fsp3) is 0.217. The molecule has 0 saturated carbocycles. The van der Waals surface area contributed by atoms with Gasteiger partial charge in [0.25, 0.3) is 0 Å². The van der Waals surface area contributed by atoms with Gasteiger partial charge < -0.3 is 14.2 Å². The van der Waals surface area contributed by atoms with Crippen molar-refractivity contribution >= 4 is 11.0 Å². The number of alkyl halides is 3. The maximum atomic E-state index is 14.1. The molecule has 2 aromatic carbocycles. The van der Waals surface area contributed by atoms with Gasteiger partial charge in [0, 0.05) is 5.56 Å². The van der Waals surface area contributed by atoms with Crippen molar-refractivity contribution in [1.29, 1.82) is 0 Å². The monoisotopic (exact) mass is 443 g/mol. The minimum absolute atomic E-state index is 0.0565. The van der Waals surface area contributed by atoms with Gasteiger partial charge in [0.05, 0.1) is 49.4 Å². The van der Waals surface area contributed by atoms with E-state index in [1.54, 1.807) is 42.5 Å². The van der Waals surface area contributed by atoms with Crippen LogP contribution in [-0.4, -0.2) is 36.1 Å². The first-order valence-electron chi connectivity index (χ1n) is 9.61. The molecule has 0 fully saturated rings. The average molecular weight is 443 g/mol. The van der Waals surface area contributed by atoms with E-state index >= 15 is 0 Å². The smallest absolute Gasteiger partial charge is 0.417 e. The summed E-state index contributed by atoms with van der Waals surface area (Å²) in [6, 6.07) is 12.7. The Morgan fingerprint density at radius 3 is 2.09 bits per heavy atom. The number of aryl methyl sites for hydroxylation is 1. The third kappa shape index (κ3) is 3.70. The van der Waals surface area contributed by atoms with E-state index < -0.39 is 11.7 Å². The molecule has 0 aliphatic heterocycles. The van der Waals surface area contributed by atoms with E-state index in [1.807, 2.05) is 0 Å². The van der Waals surface area contributed by atoms with Crippen LogP contribution in [0.5, 0.6) is 17.2 Å². The number of benzene rings is 2. The summed E-state index contributed by atoms with van der Waals surface area (Å²) >= 11 is 0. The number of nitrogens with zero attached hydrogens (tertiary/aromatic N) is 3. The van der Waals surface area contributed by atoms with Crippen LogP contribution in [0.2, 0.25) is 0 Å². The van der Waals surface area contributed by atoms with E-state index in [1.165, 1.54) is 32.9 Å². The number of rotatable bonds is 5. The van der Waals surface area contributed by atoms with Gasteiger partial charge in [0.1, 0.15) is 17.2 Å². The Hall–Kier alpha value is -3.75. The zero-order chi connectivity index (χ0) is 23.0. The van der Waals surface area contributed by atoms with Gasteiger partial charge in [-0.1, -0.05) is 0 Å². The van der Waals surface area contributed by atoms with Crippen molar-refractivity contribution < 1.29 is 27.4 Å². The molecule has 0 saturated heterocycles. The molecule has 0 bridgehead atoms. The highest BCUT2D eigenvalue weighted by atomic mass is 19.4. The van der Waals surface area contributed by atoms with Gasteiger partial charge in [-0.3, -0.25) is 0 Å². The van der Waals surface area contributed by atoms with Crippen LogP contribution in [0.25, 0.3) is 28.0 Å². The lowest BCUT2D eigenvalue weighted by Gasteiger charge is -2.14. The Balaban J connectivity index is 2.04. The van der Waals surface area contributed by atoms with Gasteiger partial charge in [-0.25, -0.2) is 9.67 Å². The van der Waals surface area contributed by atoms with Crippen molar-refractivity contribution in [3.63, 3.8) is 0 Å². The third-order valence-electron chi connectivity index (χ3n) is 5.12. The lowest BCUT2D eigenvalue weighted by molar-refractivity contribution is -0.136. The summed E-state index contributed by atoms with van der Waals surface area (Å²) in [5.74, 6) is 1.46. The predicted octanol–water partition coefficient (Wildman–Crippen LogP) is 5.44. The highest BCUT2D eigenvalue weighted by Gasteiger charge is 2.36. The molecule has 0 amide bonds. The maximum absolute atomic E-state index is 14.1. The second kappa shape index (κ2) is 8.07. The van der Waals surface area contributed by atoms with Crippen molar-refractivity contribution in [3.05, 3.63) is 59.8 Å². The van der Waals surface area contributed by atoms with E-state index in [0.29, 0.717) is 28.5 Å². The van der Waals surface area contributed by atoms with Gasteiger partial charge in [0.2, 0.25) is 0 Å². The van der Waals surface area contributed by atoms with Crippen molar-refractivity contribution in [1.82, 2.24) is 14.8 Å². The molecule has 4 aromatic rings. The molecule has 166 valence electrons. The Bertz CT molecular complexity index is 1280. The molecule has 9 heteroatoms. The molecule has 0 radical (unpaired) electrons. The van der Waals surface area contributed by atoms with Crippen molar-refractivity contribution in [3.8, 4) is 34.2 Å². The van der Waals surface area contributed by atoms with Crippen LogP contribution in [-0.2, 0) is 6.18 Å². The Labute approximate surface area is 182 Å². The van der Waals surface area contributed by atoms with Crippen molar-refractivity contribution in [2.45, 2.75) is 13.1 Å². The molecule has 4 rings (SSSR count). The zero-order valence-electron chi connectivity index (χ0n) is 17.8. The fourth-order valence-corrected chi connectivity index (χ4v) is 3.57.